The standard InChI is InChI=1S/C34H52N6O7S/c1-21(2)17-27(19-41)37-32(43)30(22(3)4)39-31(42)29(38-34(44)47-20-26-18-24(6)10-13-25(26)7)9-8-16-36-33(35)40-48(45,46)28-14-11-23(5)12-15-28/h10-15,18,21-22,27,29-30,41H,8-9,16-17,19-20H2,1-7H3,(H,37,43)(H,38,44)(H,39,42)(H3,35,36,40)/t27-,29-,30-/m0/s1. The number of nitrogens with one attached hydrogen (secondary N) is 4. The molecule has 3 atom stereocenters. The van der Waals surface area contributed by atoms with Gasteiger partial charge < -0.3 is 31.5 Å². The van der Waals surface area contributed by atoms with Crippen LogP contribution in [0, 0.1) is 32.6 Å². The van der Waals surface area contributed by atoms with Gasteiger partial charge >= 0.3 is 6.09 Å². The second-order valence-corrected chi connectivity index (χ2v) is 14.5. The van der Waals surface area contributed by atoms with E-state index in [4.69, 9.17) is 10.5 Å². The molecule has 0 bridgehead atoms. The molecule has 7 N–H and O–H groups in total. The lowest BCUT2D eigenvalue weighted by molar-refractivity contribution is -0.131. The minimum Gasteiger partial charge on any atom is -0.445 e. The molecule has 0 heterocycles. The minimum absolute atomic E-state index is 0.00887. The fraction of sp³-hybridized carbons (Fsp3) is 0.529. The predicted octanol–water partition coefficient (Wildman–Crippen LogP) is 2.94. The van der Waals surface area contributed by atoms with Crippen molar-refractivity contribution in [3.8, 4) is 0 Å². The van der Waals surface area contributed by atoms with Gasteiger partial charge in [-0.2, -0.15) is 0 Å². The normalized spacial score (nSPS) is 13.8. The van der Waals surface area contributed by atoms with Crippen LogP contribution in [0.25, 0.3) is 0 Å². The molecular weight excluding hydrogens is 636 g/mol. The number of ether oxygens (including phenoxy) is 1. The summed E-state index contributed by atoms with van der Waals surface area (Å²) in [5.41, 5.74) is 9.52. The van der Waals surface area contributed by atoms with Gasteiger partial charge in [-0.1, -0.05) is 69.2 Å². The van der Waals surface area contributed by atoms with Crippen LogP contribution in [-0.2, 0) is 31.0 Å². The Kier molecular flexibility index (Phi) is 15.8. The number of aliphatic imine (C=N–C) groups is 1. The van der Waals surface area contributed by atoms with E-state index in [1.165, 1.54) is 12.1 Å². The number of aliphatic hydroxyl groups excluding tert-OH is 1. The van der Waals surface area contributed by atoms with Gasteiger partial charge in [-0.25, -0.2) is 17.9 Å². The third kappa shape index (κ3) is 13.5. The highest BCUT2D eigenvalue weighted by Crippen LogP contribution is 2.13. The molecule has 3 amide bonds. The minimum atomic E-state index is -3.94. The van der Waals surface area contributed by atoms with Crippen molar-refractivity contribution in [1.29, 1.82) is 0 Å². The van der Waals surface area contributed by atoms with Gasteiger partial charge in [-0.15, -0.1) is 0 Å². The molecule has 0 fully saturated rings. The number of carbonyl (C=O) groups is 3. The van der Waals surface area contributed by atoms with E-state index in [0.717, 1.165) is 22.3 Å². The van der Waals surface area contributed by atoms with Crippen LogP contribution in [0.1, 0.15) is 69.2 Å². The Morgan fingerprint density at radius 1 is 0.917 bits per heavy atom. The van der Waals surface area contributed by atoms with Gasteiger partial charge in [0.1, 0.15) is 18.7 Å². The number of hydrogen-bond acceptors (Lipinski definition) is 8. The maximum Gasteiger partial charge on any atom is 0.408 e. The number of alkyl carbamates (subject to hydrolysis) is 1. The third-order valence-corrected chi connectivity index (χ3v) is 8.92. The summed E-state index contributed by atoms with van der Waals surface area (Å²) in [7, 11) is -3.94. The largest absolute Gasteiger partial charge is 0.445 e. The quantitative estimate of drug-likeness (QED) is 0.0827. The number of nitrogens with two attached hydrogens (primary N) is 1. The number of sulfonamides is 1. The van der Waals surface area contributed by atoms with Crippen molar-refractivity contribution < 1.29 is 32.6 Å². The van der Waals surface area contributed by atoms with Gasteiger partial charge in [-0.3, -0.25) is 14.6 Å². The van der Waals surface area contributed by atoms with E-state index in [9.17, 15) is 27.9 Å². The van der Waals surface area contributed by atoms with Crippen LogP contribution in [0.3, 0.4) is 0 Å². The van der Waals surface area contributed by atoms with Crippen molar-refractivity contribution in [2.45, 2.75) is 97.4 Å². The molecule has 0 spiro atoms. The highest BCUT2D eigenvalue weighted by atomic mass is 32.2. The van der Waals surface area contributed by atoms with E-state index < -0.39 is 46.1 Å². The van der Waals surface area contributed by atoms with Crippen LogP contribution in [0.15, 0.2) is 52.4 Å². The van der Waals surface area contributed by atoms with Gasteiger partial charge in [0.15, 0.2) is 0 Å². The number of benzene rings is 2. The monoisotopic (exact) mass is 688 g/mol. The summed E-state index contributed by atoms with van der Waals surface area (Å²) in [6.07, 6.45) is 0.0300. The molecule has 2 aromatic rings. The number of hydrogen-bond donors (Lipinski definition) is 6. The van der Waals surface area contributed by atoms with E-state index in [2.05, 4.69) is 25.7 Å². The fourth-order valence-electron chi connectivity index (χ4n) is 4.82. The van der Waals surface area contributed by atoms with E-state index in [1.54, 1.807) is 26.0 Å². The highest BCUT2D eigenvalue weighted by Gasteiger charge is 2.30. The average Bonchev–Trinajstić information content (AvgIpc) is 3.00. The van der Waals surface area contributed by atoms with Crippen molar-refractivity contribution >= 4 is 33.9 Å². The fourth-order valence-corrected chi connectivity index (χ4v) is 5.77. The van der Waals surface area contributed by atoms with Crippen molar-refractivity contribution in [3.63, 3.8) is 0 Å². The van der Waals surface area contributed by atoms with Crippen LogP contribution >= 0.6 is 0 Å². The lowest BCUT2D eigenvalue weighted by atomic mass is 10.00. The molecule has 266 valence electrons. The predicted molar refractivity (Wildman–Crippen MR) is 185 cm³/mol. The molecule has 0 aliphatic heterocycles. The summed E-state index contributed by atoms with van der Waals surface area (Å²) in [6, 6.07) is 9.49. The first-order valence-corrected chi connectivity index (χ1v) is 17.6. The van der Waals surface area contributed by atoms with E-state index in [-0.39, 0.29) is 55.3 Å². The van der Waals surface area contributed by atoms with Crippen molar-refractivity contribution in [2.75, 3.05) is 13.2 Å². The van der Waals surface area contributed by atoms with Crippen LogP contribution in [0.4, 0.5) is 4.79 Å². The molecule has 0 saturated carbocycles. The zero-order chi connectivity index (χ0) is 36.0. The van der Waals surface area contributed by atoms with Gasteiger partial charge in [0.05, 0.1) is 17.5 Å². The summed E-state index contributed by atoms with van der Waals surface area (Å²) in [6.45, 7) is 12.9. The Hall–Kier alpha value is -4.17. The summed E-state index contributed by atoms with van der Waals surface area (Å²) in [4.78, 5) is 43.7. The molecule has 0 saturated heterocycles. The summed E-state index contributed by atoms with van der Waals surface area (Å²) < 4.78 is 32.9. The highest BCUT2D eigenvalue weighted by molar-refractivity contribution is 7.90. The zero-order valence-electron chi connectivity index (χ0n) is 29.0. The van der Waals surface area contributed by atoms with Crippen molar-refractivity contribution in [2.24, 2.45) is 22.6 Å². The Morgan fingerprint density at radius 3 is 2.17 bits per heavy atom. The SMILES string of the molecule is Cc1ccc(S(=O)(=O)NC(N)=NCCC[C@H](NC(=O)OCc2cc(C)ccc2C)C(=O)N[C@H](C(=O)N[C@H](CO)CC(C)C)C(C)C)cc1. The number of aliphatic hydroxyl groups is 1. The Labute approximate surface area is 284 Å². The average molecular weight is 689 g/mol. The second-order valence-electron chi connectivity index (χ2n) is 12.8. The summed E-state index contributed by atoms with van der Waals surface area (Å²) in [5, 5.41) is 17.9. The zero-order valence-corrected chi connectivity index (χ0v) is 29.8. The molecule has 2 rings (SSSR count). The van der Waals surface area contributed by atoms with Crippen molar-refractivity contribution in [1.82, 2.24) is 20.7 Å². The molecule has 0 aromatic heterocycles. The van der Waals surface area contributed by atoms with Gasteiger partial charge in [0.25, 0.3) is 10.0 Å². The topological polar surface area (TPSA) is 201 Å². The smallest absolute Gasteiger partial charge is 0.408 e. The number of aryl methyl sites for hydroxylation is 3. The number of rotatable bonds is 17. The lowest BCUT2D eigenvalue weighted by Crippen LogP contribution is -2.57. The van der Waals surface area contributed by atoms with Crippen LogP contribution in [0.2, 0.25) is 0 Å². The second kappa shape index (κ2) is 19.0. The molecule has 14 heteroatoms. The molecule has 2 aromatic carbocycles. The molecule has 0 radical (unpaired) electrons. The molecule has 48 heavy (non-hydrogen) atoms. The third-order valence-electron chi connectivity index (χ3n) is 7.54. The van der Waals surface area contributed by atoms with Crippen molar-refractivity contribution in [3.05, 3.63) is 64.7 Å². The van der Waals surface area contributed by atoms with E-state index in [1.807, 2.05) is 52.8 Å². The molecule has 0 aliphatic carbocycles. The van der Waals surface area contributed by atoms with Gasteiger partial charge in [0.2, 0.25) is 17.8 Å². The van der Waals surface area contributed by atoms with Gasteiger partial charge in [0, 0.05) is 6.54 Å². The maximum atomic E-state index is 13.5. The van der Waals surface area contributed by atoms with Crippen LogP contribution < -0.4 is 26.4 Å². The van der Waals surface area contributed by atoms with E-state index >= 15 is 0 Å². The molecule has 0 unspecified atom stereocenters. The first-order valence-electron chi connectivity index (χ1n) is 16.1. The lowest BCUT2D eigenvalue weighted by Gasteiger charge is -2.27. The Bertz CT molecular complexity index is 1510. The Morgan fingerprint density at radius 2 is 1.56 bits per heavy atom. The number of nitrogens with zero attached hydrogens (tertiary/aromatic N) is 1. The van der Waals surface area contributed by atoms with E-state index in [0.29, 0.717) is 6.42 Å². The first kappa shape index (κ1) is 40.0. The molecule has 13 nitrogen and oxygen atoms in total. The molecule has 0 aliphatic rings. The summed E-state index contributed by atoms with van der Waals surface area (Å²) >= 11 is 0. The summed E-state index contributed by atoms with van der Waals surface area (Å²) in [5.74, 6) is -1.47. The Balaban J connectivity index is 2.14. The first-order chi connectivity index (χ1) is 22.5. The van der Waals surface area contributed by atoms with Crippen LogP contribution in [0.5, 0.6) is 0 Å². The number of carbonyl (C=O) groups excluding carboxylic acids is 3. The number of guanidine groups is 1. The van der Waals surface area contributed by atoms with Gasteiger partial charge in [-0.05, 0) is 75.1 Å². The van der Waals surface area contributed by atoms with Crippen LogP contribution in [-0.4, -0.2) is 68.7 Å². The number of amides is 3. The molecular formula is C34H52N6O7S. The maximum absolute atomic E-state index is 13.5.